The van der Waals surface area contributed by atoms with Crippen LogP contribution in [0, 0.1) is 6.92 Å². The van der Waals surface area contributed by atoms with Crippen LogP contribution in [0.15, 0.2) is 24.3 Å². The highest BCUT2D eigenvalue weighted by Gasteiger charge is 1.90. The third-order valence-corrected chi connectivity index (χ3v) is 1.69. The summed E-state index contributed by atoms with van der Waals surface area (Å²) in [5.74, 6) is 0.940. The lowest BCUT2D eigenvalue weighted by atomic mass is 10.2. The molecule has 0 unspecified atom stereocenters. The lowest BCUT2D eigenvalue weighted by Crippen LogP contribution is -1.96. The fourth-order valence-electron chi connectivity index (χ4n) is 0.791. The van der Waals surface area contributed by atoms with E-state index in [1.165, 1.54) is 5.56 Å². The zero-order valence-corrected chi connectivity index (χ0v) is 8.10. The third kappa shape index (κ3) is 2.93. The molecule has 0 atom stereocenters. The number of alkyl halides is 1. The predicted molar refractivity (Wildman–Crippen MR) is 50.5 cm³/mol. The molecule has 0 radical (unpaired) electrons. The lowest BCUT2D eigenvalue weighted by molar-refractivity contribution is 0.345. The summed E-state index contributed by atoms with van der Waals surface area (Å²) >= 11 is 3.30. The zero-order valence-electron chi connectivity index (χ0n) is 6.51. The van der Waals surface area contributed by atoms with Crippen LogP contribution in [0.3, 0.4) is 0 Å². The summed E-state index contributed by atoms with van der Waals surface area (Å²) in [7, 11) is 0. The van der Waals surface area contributed by atoms with Gasteiger partial charge in [0.1, 0.15) is 5.75 Å². The molecule has 0 saturated heterocycles. The van der Waals surface area contributed by atoms with Crippen LogP contribution in [-0.2, 0) is 0 Å². The highest BCUT2D eigenvalue weighted by atomic mass is 79.9. The SMILES string of the molecule is Cc1ccc(OCCBr)cc1. The molecule has 0 aliphatic rings. The van der Waals surface area contributed by atoms with Crippen LogP contribution in [0.1, 0.15) is 5.56 Å². The van der Waals surface area contributed by atoms with Gasteiger partial charge in [0.2, 0.25) is 0 Å². The van der Waals surface area contributed by atoms with Crippen molar-refractivity contribution in [2.24, 2.45) is 0 Å². The summed E-state index contributed by atoms with van der Waals surface area (Å²) in [6.45, 7) is 2.79. The van der Waals surface area contributed by atoms with Gasteiger partial charge in [-0.1, -0.05) is 33.6 Å². The van der Waals surface area contributed by atoms with Gasteiger partial charge in [0, 0.05) is 5.33 Å². The van der Waals surface area contributed by atoms with Crippen molar-refractivity contribution in [3.8, 4) is 5.75 Å². The van der Waals surface area contributed by atoms with Crippen molar-refractivity contribution < 1.29 is 4.74 Å². The molecule has 11 heavy (non-hydrogen) atoms. The number of ether oxygens (including phenoxy) is 1. The van der Waals surface area contributed by atoms with E-state index in [1.54, 1.807) is 0 Å². The second-order valence-corrected chi connectivity index (χ2v) is 3.14. The molecule has 0 aromatic heterocycles. The van der Waals surface area contributed by atoms with Crippen LogP contribution in [0.2, 0.25) is 0 Å². The van der Waals surface area contributed by atoms with Gasteiger partial charge in [-0.05, 0) is 19.1 Å². The van der Waals surface area contributed by atoms with Gasteiger partial charge < -0.3 is 4.74 Å². The van der Waals surface area contributed by atoms with E-state index in [2.05, 4.69) is 22.9 Å². The molecule has 60 valence electrons. The predicted octanol–water partition coefficient (Wildman–Crippen LogP) is 2.77. The third-order valence-electron chi connectivity index (χ3n) is 1.37. The largest absolute Gasteiger partial charge is 0.493 e. The number of hydrogen-bond acceptors (Lipinski definition) is 1. The summed E-state index contributed by atoms with van der Waals surface area (Å²) in [6, 6.07) is 8.06. The van der Waals surface area contributed by atoms with E-state index in [4.69, 9.17) is 4.74 Å². The maximum Gasteiger partial charge on any atom is 0.119 e. The van der Waals surface area contributed by atoms with Gasteiger partial charge in [0.25, 0.3) is 0 Å². The molecule has 2 heteroatoms. The Morgan fingerprint density at radius 1 is 1.27 bits per heavy atom. The van der Waals surface area contributed by atoms with Gasteiger partial charge in [-0.3, -0.25) is 0 Å². The molecule has 1 nitrogen and oxygen atoms in total. The van der Waals surface area contributed by atoms with E-state index < -0.39 is 0 Å². The van der Waals surface area contributed by atoms with Crippen molar-refractivity contribution in [2.45, 2.75) is 6.92 Å². The maximum absolute atomic E-state index is 5.36. The van der Waals surface area contributed by atoms with E-state index in [0.29, 0.717) is 0 Å². The first kappa shape index (κ1) is 8.60. The Morgan fingerprint density at radius 3 is 2.45 bits per heavy atom. The van der Waals surface area contributed by atoms with Crippen LogP contribution in [0.25, 0.3) is 0 Å². The monoisotopic (exact) mass is 214 g/mol. The molecule has 0 aliphatic carbocycles. The van der Waals surface area contributed by atoms with Gasteiger partial charge in [-0.2, -0.15) is 0 Å². The molecule has 0 saturated carbocycles. The summed E-state index contributed by atoms with van der Waals surface area (Å²) < 4.78 is 5.36. The second kappa shape index (κ2) is 4.39. The molecule has 0 amide bonds. The van der Waals surface area contributed by atoms with Gasteiger partial charge >= 0.3 is 0 Å². The Morgan fingerprint density at radius 2 is 1.91 bits per heavy atom. The molecule has 1 rings (SSSR count). The van der Waals surface area contributed by atoms with E-state index in [0.717, 1.165) is 17.7 Å². The van der Waals surface area contributed by atoms with Gasteiger partial charge in [0.15, 0.2) is 0 Å². The Labute approximate surface area is 75.5 Å². The van der Waals surface area contributed by atoms with Gasteiger partial charge in [-0.25, -0.2) is 0 Å². The smallest absolute Gasteiger partial charge is 0.119 e. The summed E-state index contributed by atoms with van der Waals surface area (Å²) in [4.78, 5) is 0. The van der Waals surface area contributed by atoms with E-state index >= 15 is 0 Å². The Balaban J connectivity index is 2.52. The van der Waals surface area contributed by atoms with Crippen LogP contribution < -0.4 is 4.74 Å². The molecule has 0 spiro atoms. The Kier molecular flexibility index (Phi) is 3.43. The lowest BCUT2D eigenvalue weighted by Gasteiger charge is -2.02. The normalized spacial score (nSPS) is 9.64. The standard InChI is InChI=1S/C9H11BrO/c1-8-2-4-9(5-3-8)11-7-6-10/h2-5H,6-7H2,1H3. The van der Waals surface area contributed by atoms with Crippen molar-refractivity contribution in [2.75, 3.05) is 11.9 Å². The minimum absolute atomic E-state index is 0.725. The molecule has 0 N–H and O–H groups in total. The first-order valence-electron chi connectivity index (χ1n) is 3.58. The molecular weight excluding hydrogens is 204 g/mol. The van der Waals surface area contributed by atoms with E-state index in [9.17, 15) is 0 Å². The molecule has 1 aromatic rings. The van der Waals surface area contributed by atoms with Crippen molar-refractivity contribution in [1.82, 2.24) is 0 Å². The van der Waals surface area contributed by atoms with Crippen LogP contribution >= 0.6 is 15.9 Å². The minimum atomic E-state index is 0.725. The van der Waals surface area contributed by atoms with Crippen LogP contribution in [0.4, 0.5) is 0 Å². The average molecular weight is 215 g/mol. The number of hydrogen-bond donors (Lipinski definition) is 0. The summed E-state index contributed by atoms with van der Waals surface area (Å²) in [5.41, 5.74) is 1.26. The molecule has 0 aliphatic heterocycles. The second-order valence-electron chi connectivity index (χ2n) is 2.35. The molecule has 0 heterocycles. The molecule has 0 bridgehead atoms. The van der Waals surface area contributed by atoms with Gasteiger partial charge in [-0.15, -0.1) is 0 Å². The number of benzene rings is 1. The highest BCUT2D eigenvalue weighted by Crippen LogP contribution is 2.10. The molecule has 1 aromatic carbocycles. The van der Waals surface area contributed by atoms with Gasteiger partial charge in [0.05, 0.1) is 6.61 Å². The molecule has 0 fully saturated rings. The highest BCUT2D eigenvalue weighted by molar-refractivity contribution is 9.09. The average Bonchev–Trinajstić information content (AvgIpc) is 2.04. The van der Waals surface area contributed by atoms with Crippen LogP contribution in [-0.4, -0.2) is 11.9 Å². The van der Waals surface area contributed by atoms with Crippen molar-refractivity contribution >= 4 is 15.9 Å². The fourth-order valence-corrected chi connectivity index (χ4v) is 0.953. The van der Waals surface area contributed by atoms with E-state index in [1.807, 2.05) is 24.3 Å². The van der Waals surface area contributed by atoms with Crippen LogP contribution in [0.5, 0.6) is 5.75 Å². The van der Waals surface area contributed by atoms with Crippen molar-refractivity contribution in [3.63, 3.8) is 0 Å². The summed E-state index contributed by atoms with van der Waals surface area (Å²) in [5, 5.41) is 0.876. The first-order valence-corrected chi connectivity index (χ1v) is 4.70. The number of rotatable bonds is 3. The number of aryl methyl sites for hydroxylation is 1. The fraction of sp³-hybridized carbons (Fsp3) is 0.333. The number of halogens is 1. The topological polar surface area (TPSA) is 9.23 Å². The zero-order chi connectivity index (χ0) is 8.10. The maximum atomic E-state index is 5.36. The van der Waals surface area contributed by atoms with Crippen molar-refractivity contribution in [1.29, 1.82) is 0 Å². The van der Waals surface area contributed by atoms with E-state index in [-0.39, 0.29) is 0 Å². The van der Waals surface area contributed by atoms with Crippen molar-refractivity contribution in [3.05, 3.63) is 29.8 Å². The molecular formula is C9H11BrO. The Bertz CT molecular complexity index is 205. The first-order chi connectivity index (χ1) is 5.33. The quantitative estimate of drug-likeness (QED) is 0.704. The minimum Gasteiger partial charge on any atom is -0.493 e. The summed E-state index contributed by atoms with van der Waals surface area (Å²) in [6.07, 6.45) is 0. The Hall–Kier alpha value is -0.500.